The summed E-state index contributed by atoms with van der Waals surface area (Å²) in [6.07, 6.45) is 9.59. The van der Waals surface area contributed by atoms with Crippen LogP contribution in [0.15, 0.2) is 23.8 Å². The SMILES string of the molecule is CC(=O)O[C@H]1C=C[C@@]2(C)C(=C[C@@H](O)[C@@H]3[C@@H]2CC[C@]2(C)C(=O)CC[C@@H]32)C1. The van der Waals surface area contributed by atoms with Crippen LogP contribution in [0.1, 0.15) is 52.9 Å². The van der Waals surface area contributed by atoms with Crippen LogP contribution in [-0.4, -0.2) is 29.1 Å². The van der Waals surface area contributed by atoms with Crippen molar-refractivity contribution in [2.45, 2.75) is 65.1 Å². The number of allylic oxidation sites excluding steroid dienone is 1. The number of carbonyl (C=O) groups excluding carboxylic acids is 2. The van der Waals surface area contributed by atoms with Gasteiger partial charge < -0.3 is 9.84 Å². The van der Waals surface area contributed by atoms with E-state index in [1.807, 2.05) is 12.2 Å². The van der Waals surface area contributed by atoms with E-state index >= 15 is 0 Å². The van der Waals surface area contributed by atoms with Gasteiger partial charge in [0.15, 0.2) is 0 Å². The zero-order valence-electron chi connectivity index (χ0n) is 15.3. The molecular weight excluding hydrogens is 316 g/mol. The van der Waals surface area contributed by atoms with Gasteiger partial charge in [-0.1, -0.05) is 31.6 Å². The topological polar surface area (TPSA) is 63.6 Å². The van der Waals surface area contributed by atoms with E-state index in [-0.39, 0.29) is 34.7 Å². The lowest BCUT2D eigenvalue weighted by Gasteiger charge is -2.56. The molecule has 0 amide bonds. The molecule has 4 heteroatoms. The zero-order valence-corrected chi connectivity index (χ0v) is 15.3. The molecule has 1 N–H and O–H groups in total. The molecule has 2 fully saturated rings. The summed E-state index contributed by atoms with van der Waals surface area (Å²) >= 11 is 0. The van der Waals surface area contributed by atoms with E-state index in [1.54, 1.807) is 0 Å². The van der Waals surface area contributed by atoms with Crippen LogP contribution in [0.3, 0.4) is 0 Å². The van der Waals surface area contributed by atoms with Crippen molar-refractivity contribution in [3.63, 3.8) is 0 Å². The van der Waals surface area contributed by atoms with Gasteiger partial charge in [0.05, 0.1) is 6.10 Å². The van der Waals surface area contributed by atoms with Crippen molar-refractivity contribution in [3.8, 4) is 0 Å². The molecule has 0 bridgehead atoms. The smallest absolute Gasteiger partial charge is 0.303 e. The molecule has 0 unspecified atom stereocenters. The molecule has 0 saturated heterocycles. The maximum absolute atomic E-state index is 12.5. The number of ketones is 1. The number of hydrogen-bond donors (Lipinski definition) is 1. The van der Waals surface area contributed by atoms with Gasteiger partial charge in [-0.2, -0.15) is 0 Å². The highest BCUT2D eigenvalue weighted by Crippen LogP contribution is 2.63. The van der Waals surface area contributed by atoms with Crippen LogP contribution < -0.4 is 0 Å². The summed E-state index contributed by atoms with van der Waals surface area (Å²) in [6.45, 7) is 5.80. The van der Waals surface area contributed by atoms with Crippen molar-refractivity contribution in [2.24, 2.45) is 28.6 Å². The minimum atomic E-state index is -0.506. The predicted octanol–water partition coefficient (Wildman–Crippen LogP) is 3.20. The van der Waals surface area contributed by atoms with Crippen LogP contribution >= 0.6 is 0 Å². The van der Waals surface area contributed by atoms with Crippen molar-refractivity contribution < 1.29 is 19.4 Å². The molecule has 0 spiro atoms. The number of hydrogen-bond acceptors (Lipinski definition) is 4. The number of aliphatic hydroxyl groups is 1. The molecule has 4 aliphatic carbocycles. The maximum Gasteiger partial charge on any atom is 0.303 e. The molecular formula is C21H28O4. The van der Waals surface area contributed by atoms with Crippen LogP contribution in [0.2, 0.25) is 0 Å². The Kier molecular flexibility index (Phi) is 3.77. The summed E-state index contributed by atoms with van der Waals surface area (Å²) in [4.78, 5) is 23.7. The summed E-state index contributed by atoms with van der Waals surface area (Å²) in [5.41, 5.74) is 0.832. The molecule has 4 rings (SSSR count). The second kappa shape index (κ2) is 5.54. The molecule has 0 aromatic heterocycles. The van der Waals surface area contributed by atoms with E-state index in [4.69, 9.17) is 4.74 Å². The minimum absolute atomic E-state index is 0.104. The number of carbonyl (C=O) groups is 2. The first-order valence-electron chi connectivity index (χ1n) is 9.55. The van der Waals surface area contributed by atoms with E-state index in [1.165, 1.54) is 12.5 Å². The first-order valence-corrected chi connectivity index (χ1v) is 9.55. The van der Waals surface area contributed by atoms with Crippen LogP contribution in [0.4, 0.5) is 0 Å². The molecule has 0 aromatic rings. The Bertz CT molecular complexity index is 677. The van der Waals surface area contributed by atoms with Gasteiger partial charge in [0, 0.05) is 30.6 Å². The van der Waals surface area contributed by atoms with Crippen LogP contribution in [0.25, 0.3) is 0 Å². The molecule has 136 valence electrons. The Balaban J connectivity index is 1.69. The van der Waals surface area contributed by atoms with Gasteiger partial charge in [-0.05, 0) is 43.1 Å². The number of esters is 1. The first kappa shape index (κ1) is 17.0. The van der Waals surface area contributed by atoms with Crippen molar-refractivity contribution in [3.05, 3.63) is 23.8 Å². The van der Waals surface area contributed by atoms with Gasteiger partial charge in [-0.15, -0.1) is 0 Å². The van der Waals surface area contributed by atoms with Gasteiger partial charge in [0.2, 0.25) is 0 Å². The second-order valence-electron chi connectivity index (χ2n) is 8.88. The van der Waals surface area contributed by atoms with Crippen LogP contribution in [-0.2, 0) is 14.3 Å². The Morgan fingerprint density at radius 1 is 1.28 bits per heavy atom. The summed E-state index contributed by atoms with van der Waals surface area (Å²) in [5, 5.41) is 11.0. The Morgan fingerprint density at radius 2 is 2.04 bits per heavy atom. The molecule has 0 aromatic carbocycles. The highest BCUT2D eigenvalue weighted by Gasteiger charge is 2.60. The third-order valence-electron chi connectivity index (χ3n) is 7.67. The average molecular weight is 344 g/mol. The lowest BCUT2D eigenvalue weighted by molar-refractivity contribution is -0.144. The summed E-state index contributed by atoms with van der Waals surface area (Å²) < 4.78 is 5.36. The number of Topliss-reactive ketones (excluding diaryl/α,β-unsaturated/α-hetero) is 1. The Labute approximate surface area is 149 Å². The fourth-order valence-electron chi connectivity index (χ4n) is 6.28. The standard InChI is InChI=1S/C21H28O4/c1-12(22)25-14-6-8-20(2)13(10-14)11-17(23)19-15-4-5-18(24)21(15,3)9-7-16(19)20/h6,8,11,14-17,19,23H,4-5,7,9-10H2,1-3H3/t14-,15-,16-,17+,19-,20-,21-/m0/s1. The van der Waals surface area contributed by atoms with E-state index in [9.17, 15) is 14.7 Å². The van der Waals surface area contributed by atoms with Crippen molar-refractivity contribution in [1.29, 1.82) is 0 Å². The van der Waals surface area contributed by atoms with Crippen LogP contribution in [0.5, 0.6) is 0 Å². The highest BCUT2D eigenvalue weighted by molar-refractivity contribution is 5.87. The Morgan fingerprint density at radius 3 is 2.76 bits per heavy atom. The molecule has 7 atom stereocenters. The number of ether oxygens (including phenoxy) is 1. The van der Waals surface area contributed by atoms with Crippen molar-refractivity contribution in [2.75, 3.05) is 0 Å². The van der Waals surface area contributed by atoms with E-state index in [0.717, 1.165) is 19.3 Å². The molecule has 4 aliphatic rings. The second-order valence-corrected chi connectivity index (χ2v) is 8.88. The van der Waals surface area contributed by atoms with E-state index in [0.29, 0.717) is 24.5 Å². The lowest BCUT2D eigenvalue weighted by atomic mass is 9.48. The lowest BCUT2D eigenvalue weighted by Crippen LogP contribution is -2.53. The van der Waals surface area contributed by atoms with Gasteiger partial charge in [-0.25, -0.2) is 0 Å². The predicted molar refractivity (Wildman–Crippen MR) is 93.6 cm³/mol. The maximum atomic E-state index is 12.5. The minimum Gasteiger partial charge on any atom is -0.458 e. The normalized spacial score (nSPS) is 48.2. The molecule has 0 radical (unpaired) electrons. The van der Waals surface area contributed by atoms with E-state index < -0.39 is 6.10 Å². The fraction of sp³-hybridized carbons (Fsp3) is 0.714. The van der Waals surface area contributed by atoms with E-state index in [2.05, 4.69) is 19.9 Å². The summed E-state index contributed by atoms with van der Waals surface area (Å²) in [6, 6.07) is 0. The van der Waals surface area contributed by atoms with Gasteiger partial charge in [0.25, 0.3) is 0 Å². The molecule has 25 heavy (non-hydrogen) atoms. The third kappa shape index (κ3) is 2.37. The summed E-state index contributed by atoms with van der Waals surface area (Å²) in [7, 11) is 0. The quantitative estimate of drug-likeness (QED) is 0.586. The average Bonchev–Trinajstić information content (AvgIpc) is 2.84. The van der Waals surface area contributed by atoms with Crippen molar-refractivity contribution >= 4 is 11.8 Å². The zero-order chi connectivity index (χ0) is 18.0. The molecule has 0 aliphatic heterocycles. The Hall–Kier alpha value is -1.42. The van der Waals surface area contributed by atoms with Crippen molar-refractivity contribution in [1.82, 2.24) is 0 Å². The number of aliphatic hydroxyl groups excluding tert-OH is 1. The third-order valence-corrected chi connectivity index (χ3v) is 7.67. The number of rotatable bonds is 1. The molecule has 4 nitrogen and oxygen atoms in total. The molecule has 0 heterocycles. The summed E-state index contributed by atoms with van der Waals surface area (Å²) in [5.74, 6) is 0.890. The highest BCUT2D eigenvalue weighted by atomic mass is 16.5. The van der Waals surface area contributed by atoms with Gasteiger partial charge in [-0.3, -0.25) is 9.59 Å². The number of fused-ring (bicyclic) bond motifs is 5. The van der Waals surface area contributed by atoms with Gasteiger partial charge in [0.1, 0.15) is 11.9 Å². The van der Waals surface area contributed by atoms with Crippen LogP contribution in [0, 0.1) is 28.6 Å². The molecule has 2 saturated carbocycles. The largest absolute Gasteiger partial charge is 0.458 e. The van der Waals surface area contributed by atoms with Gasteiger partial charge >= 0.3 is 5.97 Å². The first-order chi connectivity index (χ1) is 11.8. The monoisotopic (exact) mass is 344 g/mol. The fourth-order valence-corrected chi connectivity index (χ4v) is 6.28.